The van der Waals surface area contributed by atoms with E-state index in [9.17, 15) is 9.59 Å². The predicted molar refractivity (Wildman–Crippen MR) is 109 cm³/mol. The molecule has 8 nitrogen and oxygen atoms in total. The number of rotatable bonds is 5. The highest BCUT2D eigenvalue weighted by atomic mass is 16.7. The summed E-state index contributed by atoms with van der Waals surface area (Å²) in [6.07, 6.45) is 1.55. The zero-order valence-corrected chi connectivity index (χ0v) is 15.6. The van der Waals surface area contributed by atoms with E-state index in [2.05, 4.69) is 20.9 Å². The molecule has 0 fully saturated rings. The molecular weight excluding hydrogens is 372 g/mol. The van der Waals surface area contributed by atoms with Crippen molar-refractivity contribution in [2.75, 3.05) is 22.7 Å². The van der Waals surface area contributed by atoms with E-state index in [1.807, 2.05) is 12.1 Å². The molecule has 0 unspecified atom stereocenters. The van der Waals surface area contributed by atoms with Crippen molar-refractivity contribution in [3.8, 4) is 11.5 Å². The maximum Gasteiger partial charge on any atom is 0.255 e. The standard InChI is InChI=1S/C21H18N4O4/c1-13(26)23-15-3-2-4-16(10-15)24-20-9-14(7-8-22-20)21(27)25-17-5-6-18-19(11-17)29-12-28-18/h2-11H,12H2,1H3,(H,22,24)(H,23,26)(H,25,27). The molecule has 1 aliphatic heterocycles. The van der Waals surface area contributed by atoms with Gasteiger partial charge in [-0.25, -0.2) is 4.98 Å². The summed E-state index contributed by atoms with van der Waals surface area (Å²) in [5.41, 5.74) is 2.45. The number of hydrogen-bond acceptors (Lipinski definition) is 6. The molecular formula is C21H18N4O4. The van der Waals surface area contributed by atoms with E-state index in [1.165, 1.54) is 6.92 Å². The third kappa shape index (κ3) is 4.44. The maximum absolute atomic E-state index is 12.6. The second kappa shape index (κ2) is 7.89. The fourth-order valence-electron chi connectivity index (χ4n) is 2.84. The van der Waals surface area contributed by atoms with E-state index in [0.717, 1.165) is 5.69 Å². The van der Waals surface area contributed by atoms with Crippen molar-refractivity contribution < 1.29 is 19.1 Å². The molecule has 1 aliphatic rings. The van der Waals surface area contributed by atoms with Crippen molar-refractivity contribution in [3.63, 3.8) is 0 Å². The van der Waals surface area contributed by atoms with Crippen LogP contribution in [0.15, 0.2) is 60.8 Å². The summed E-state index contributed by atoms with van der Waals surface area (Å²) in [5.74, 6) is 1.32. The van der Waals surface area contributed by atoms with Crippen LogP contribution in [0.3, 0.4) is 0 Å². The first-order valence-electron chi connectivity index (χ1n) is 8.88. The molecule has 0 radical (unpaired) electrons. The van der Waals surface area contributed by atoms with E-state index >= 15 is 0 Å². The summed E-state index contributed by atoms with van der Waals surface area (Å²) in [6, 6.07) is 15.7. The largest absolute Gasteiger partial charge is 0.454 e. The van der Waals surface area contributed by atoms with Gasteiger partial charge in [0, 0.05) is 41.8 Å². The van der Waals surface area contributed by atoms with Gasteiger partial charge < -0.3 is 25.4 Å². The molecule has 3 N–H and O–H groups in total. The number of anilines is 4. The topological polar surface area (TPSA) is 102 Å². The van der Waals surface area contributed by atoms with Crippen molar-refractivity contribution in [2.24, 2.45) is 0 Å². The summed E-state index contributed by atoms with van der Waals surface area (Å²) < 4.78 is 10.6. The van der Waals surface area contributed by atoms with Crippen LogP contribution in [0.1, 0.15) is 17.3 Å². The lowest BCUT2D eigenvalue weighted by Gasteiger charge is -2.10. The third-order valence-electron chi connectivity index (χ3n) is 4.11. The molecule has 2 amide bonds. The quantitative estimate of drug-likeness (QED) is 0.613. The van der Waals surface area contributed by atoms with E-state index < -0.39 is 0 Å². The molecule has 0 atom stereocenters. The Morgan fingerprint density at radius 2 is 1.69 bits per heavy atom. The second-order valence-corrected chi connectivity index (χ2v) is 6.34. The number of nitrogens with one attached hydrogen (secondary N) is 3. The Balaban J connectivity index is 1.47. The maximum atomic E-state index is 12.6. The molecule has 1 aromatic heterocycles. The highest BCUT2D eigenvalue weighted by molar-refractivity contribution is 6.04. The van der Waals surface area contributed by atoms with Gasteiger partial charge in [-0.05, 0) is 42.5 Å². The Morgan fingerprint density at radius 3 is 2.55 bits per heavy atom. The van der Waals surface area contributed by atoms with Crippen molar-refractivity contribution in [2.45, 2.75) is 6.92 Å². The van der Waals surface area contributed by atoms with Crippen LogP contribution in [0.4, 0.5) is 22.9 Å². The van der Waals surface area contributed by atoms with Crippen LogP contribution in [0.5, 0.6) is 11.5 Å². The van der Waals surface area contributed by atoms with Crippen LogP contribution in [-0.4, -0.2) is 23.6 Å². The minimum atomic E-state index is -0.277. The molecule has 8 heteroatoms. The van der Waals surface area contributed by atoms with Gasteiger partial charge in [0.1, 0.15) is 5.82 Å². The number of fused-ring (bicyclic) bond motifs is 1. The first-order valence-corrected chi connectivity index (χ1v) is 8.88. The molecule has 0 saturated heterocycles. The number of amides is 2. The molecule has 0 aliphatic carbocycles. The average molecular weight is 390 g/mol. The number of nitrogens with zero attached hydrogens (tertiary/aromatic N) is 1. The zero-order valence-electron chi connectivity index (χ0n) is 15.6. The molecule has 0 saturated carbocycles. The van der Waals surface area contributed by atoms with Crippen LogP contribution >= 0.6 is 0 Å². The lowest BCUT2D eigenvalue weighted by Crippen LogP contribution is -2.12. The summed E-state index contributed by atoms with van der Waals surface area (Å²) in [4.78, 5) is 28.1. The lowest BCUT2D eigenvalue weighted by molar-refractivity contribution is -0.114. The second-order valence-electron chi connectivity index (χ2n) is 6.34. The van der Waals surface area contributed by atoms with Crippen molar-refractivity contribution in [1.82, 2.24) is 4.98 Å². The number of aromatic nitrogens is 1. The van der Waals surface area contributed by atoms with E-state index in [0.29, 0.717) is 34.3 Å². The van der Waals surface area contributed by atoms with Gasteiger partial charge in [-0.3, -0.25) is 9.59 Å². The Kier molecular flexibility index (Phi) is 4.98. The van der Waals surface area contributed by atoms with Crippen molar-refractivity contribution in [1.29, 1.82) is 0 Å². The van der Waals surface area contributed by atoms with Gasteiger partial charge >= 0.3 is 0 Å². The molecule has 4 rings (SSSR count). The summed E-state index contributed by atoms with van der Waals surface area (Å²) >= 11 is 0. The Bertz CT molecular complexity index is 1080. The van der Waals surface area contributed by atoms with Gasteiger partial charge in [0.25, 0.3) is 5.91 Å². The number of carbonyl (C=O) groups is 2. The summed E-state index contributed by atoms with van der Waals surface area (Å²) in [7, 11) is 0. The fraction of sp³-hybridized carbons (Fsp3) is 0.0952. The predicted octanol–water partition coefficient (Wildman–Crippen LogP) is 3.76. The average Bonchev–Trinajstić information content (AvgIpc) is 3.16. The van der Waals surface area contributed by atoms with Crippen LogP contribution in [0, 0.1) is 0 Å². The van der Waals surface area contributed by atoms with Gasteiger partial charge in [0.05, 0.1) is 0 Å². The van der Waals surface area contributed by atoms with E-state index in [4.69, 9.17) is 9.47 Å². The van der Waals surface area contributed by atoms with Gasteiger partial charge in [-0.1, -0.05) is 6.07 Å². The SMILES string of the molecule is CC(=O)Nc1cccc(Nc2cc(C(=O)Nc3ccc4c(c3)OCO4)ccn2)c1. The normalized spacial score (nSPS) is 11.6. The summed E-state index contributed by atoms with van der Waals surface area (Å²) in [6.45, 7) is 1.62. The number of ether oxygens (including phenoxy) is 2. The lowest BCUT2D eigenvalue weighted by atomic mass is 10.2. The van der Waals surface area contributed by atoms with Crippen molar-refractivity contribution >= 4 is 34.7 Å². The summed E-state index contributed by atoms with van der Waals surface area (Å²) in [5, 5.41) is 8.69. The first-order chi connectivity index (χ1) is 14.1. The highest BCUT2D eigenvalue weighted by Crippen LogP contribution is 2.34. The molecule has 2 aromatic carbocycles. The molecule has 2 heterocycles. The van der Waals surface area contributed by atoms with Gasteiger partial charge in [-0.15, -0.1) is 0 Å². The van der Waals surface area contributed by atoms with Crippen LogP contribution in [-0.2, 0) is 4.79 Å². The van der Waals surface area contributed by atoms with Gasteiger partial charge in [0.15, 0.2) is 11.5 Å². The number of hydrogen-bond donors (Lipinski definition) is 3. The zero-order chi connectivity index (χ0) is 20.2. The van der Waals surface area contributed by atoms with E-state index in [-0.39, 0.29) is 18.6 Å². The van der Waals surface area contributed by atoms with Gasteiger partial charge in [0.2, 0.25) is 12.7 Å². The number of benzene rings is 2. The number of carbonyl (C=O) groups excluding carboxylic acids is 2. The molecule has 3 aromatic rings. The Hall–Kier alpha value is -4.07. The van der Waals surface area contributed by atoms with Crippen LogP contribution in [0.2, 0.25) is 0 Å². The van der Waals surface area contributed by atoms with E-state index in [1.54, 1.807) is 48.7 Å². The minimum absolute atomic E-state index is 0.150. The Morgan fingerprint density at radius 1 is 0.897 bits per heavy atom. The fourth-order valence-corrected chi connectivity index (χ4v) is 2.84. The first kappa shape index (κ1) is 18.3. The molecule has 146 valence electrons. The smallest absolute Gasteiger partial charge is 0.255 e. The highest BCUT2D eigenvalue weighted by Gasteiger charge is 2.15. The molecule has 0 bridgehead atoms. The van der Waals surface area contributed by atoms with Crippen LogP contribution in [0.25, 0.3) is 0 Å². The Labute approximate surface area is 166 Å². The number of pyridine rings is 1. The van der Waals surface area contributed by atoms with Crippen molar-refractivity contribution in [3.05, 3.63) is 66.4 Å². The monoisotopic (exact) mass is 390 g/mol. The van der Waals surface area contributed by atoms with Gasteiger partial charge in [-0.2, -0.15) is 0 Å². The third-order valence-corrected chi connectivity index (χ3v) is 4.11. The minimum Gasteiger partial charge on any atom is -0.454 e. The molecule has 0 spiro atoms. The van der Waals surface area contributed by atoms with Crippen LogP contribution < -0.4 is 25.4 Å². The molecule has 29 heavy (non-hydrogen) atoms.